The number of nitrogens with zero attached hydrogens (tertiary/aromatic N) is 4. The number of benzene rings is 2. The average Bonchev–Trinajstić information content (AvgIpc) is 3.48. The highest BCUT2D eigenvalue weighted by Crippen LogP contribution is 2.49. The van der Waals surface area contributed by atoms with E-state index < -0.39 is 0 Å². The first-order valence-electron chi connectivity index (χ1n) is 10.6. The highest BCUT2D eigenvalue weighted by atomic mass is 15.1. The van der Waals surface area contributed by atoms with Crippen molar-refractivity contribution in [3.8, 4) is 22.4 Å². The van der Waals surface area contributed by atoms with Crippen LogP contribution in [-0.2, 0) is 12.8 Å². The van der Waals surface area contributed by atoms with E-state index in [2.05, 4.69) is 57.9 Å². The maximum atomic E-state index is 5.15. The van der Waals surface area contributed by atoms with Crippen LogP contribution < -0.4 is 0 Å². The summed E-state index contributed by atoms with van der Waals surface area (Å²) < 4.78 is 2.28. The smallest absolute Gasteiger partial charge is 0.148 e. The molecule has 0 radical (unpaired) electrons. The Morgan fingerprint density at radius 1 is 0.645 bits per heavy atom. The third-order valence-electron chi connectivity index (χ3n) is 6.89. The summed E-state index contributed by atoms with van der Waals surface area (Å²) in [6.45, 7) is 0. The monoisotopic (exact) mass is 396 g/mol. The largest absolute Gasteiger partial charge is 0.275 e. The Balaban J connectivity index is 1.59. The summed E-state index contributed by atoms with van der Waals surface area (Å²) in [6, 6.07) is 21.6. The van der Waals surface area contributed by atoms with Crippen LogP contribution in [0.15, 0.2) is 73.1 Å². The van der Waals surface area contributed by atoms with Gasteiger partial charge in [0, 0.05) is 35.2 Å². The lowest BCUT2D eigenvalue weighted by molar-refractivity contribution is 1.16. The van der Waals surface area contributed by atoms with Crippen molar-refractivity contribution in [1.82, 2.24) is 19.4 Å². The SMILES string of the molecule is c1ccc2c(c1)Cc1ccc3c(c1-2)-c1c(nc2c4cccnc4c4cccnc4n12)C3. The molecule has 0 saturated carbocycles. The van der Waals surface area contributed by atoms with E-state index in [4.69, 9.17) is 9.97 Å². The van der Waals surface area contributed by atoms with Crippen LogP contribution in [0.1, 0.15) is 22.4 Å². The van der Waals surface area contributed by atoms with Crippen molar-refractivity contribution in [2.24, 2.45) is 0 Å². The molecule has 4 nitrogen and oxygen atoms in total. The Morgan fingerprint density at radius 2 is 1.42 bits per heavy atom. The second kappa shape index (κ2) is 5.35. The highest BCUT2D eigenvalue weighted by Gasteiger charge is 2.33. The first kappa shape index (κ1) is 15.7. The molecule has 0 amide bonds. The fourth-order valence-electron chi connectivity index (χ4n) is 5.66. The third-order valence-corrected chi connectivity index (χ3v) is 6.89. The van der Waals surface area contributed by atoms with E-state index in [1.165, 1.54) is 39.1 Å². The van der Waals surface area contributed by atoms with Crippen molar-refractivity contribution in [3.05, 3.63) is 95.4 Å². The van der Waals surface area contributed by atoms with Crippen LogP contribution >= 0.6 is 0 Å². The number of aromatic nitrogens is 4. The molecule has 4 heteroatoms. The molecule has 6 aromatic rings. The van der Waals surface area contributed by atoms with Gasteiger partial charge >= 0.3 is 0 Å². The quantitative estimate of drug-likeness (QED) is 0.315. The van der Waals surface area contributed by atoms with E-state index in [9.17, 15) is 0 Å². The van der Waals surface area contributed by atoms with Crippen molar-refractivity contribution in [2.45, 2.75) is 12.8 Å². The van der Waals surface area contributed by atoms with Crippen molar-refractivity contribution in [3.63, 3.8) is 0 Å². The molecule has 2 aromatic carbocycles. The zero-order valence-electron chi connectivity index (χ0n) is 16.6. The van der Waals surface area contributed by atoms with Crippen LogP contribution in [0.5, 0.6) is 0 Å². The van der Waals surface area contributed by atoms with E-state index in [0.717, 1.165) is 46.1 Å². The molecule has 0 N–H and O–H groups in total. The van der Waals surface area contributed by atoms with Gasteiger partial charge in [-0.1, -0.05) is 36.4 Å². The minimum absolute atomic E-state index is 0.859. The van der Waals surface area contributed by atoms with Gasteiger partial charge in [-0.2, -0.15) is 0 Å². The van der Waals surface area contributed by atoms with Gasteiger partial charge < -0.3 is 0 Å². The van der Waals surface area contributed by atoms with E-state index in [1.54, 1.807) is 0 Å². The predicted octanol–water partition coefficient (Wildman–Crippen LogP) is 5.57. The van der Waals surface area contributed by atoms with Crippen molar-refractivity contribution < 1.29 is 0 Å². The van der Waals surface area contributed by atoms with E-state index >= 15 is 0 Å². The van der Waals surface area contributed by atoms with E-state index in [1.807, 2.05) is 24.5 Å². The normalized spacial score (nSPS) is 13.5. The molecule has 0 fully saturated rings. The average molecular weight is 396 g/mol. The Kier molecular flexibility index (Phi) is 2.72. The zero-order chi connectivity index (χ0) is 20.1. The van der Waals surface area contributed by atoms with Gasteiger partial charge in [-0.05, 0) is 58.5 Å². The molecule has 0 atom stereocenters. The third kappa shape index (κ3) is 1.84. The Hall–Kier alpha value is -4.05. The number of pyridine rings is 3. The van der Waals surface area contributed by atoms with Crippen LogP contribution in [0.4, 0.5) is 0 Å². The Bertz CT molecular complexity index is 1740. The van der Waals surface area contributed by atoms with Crippen LogP contribution in [0, 0.1) is 0 Å². The van der Waals surface area contributed by atoms with Gasteiger partial charge in [-0.15, -0.1) is 0 Å². The molecule has 4 heterocycles. The summed E-state index contributed by atoms with van der Waals surface area (Å²) >= 11 is 0. The summed E-state index contributed by atoms with van der Waals surface area (Å²) in [5, 5.41) is 2.14. The highest BCUT2D eigenvalue weighted by molar-refractivity contribution is 6.10. The Labute approximate surface area is 177 Å². The minimum Gasteiger partial charge on any atom is -0.275 e. The van der Waals surface area contributed by atoms with Gasteiger partial charge in [0.15, 0.2) is 0 Å². The summed E-state index contributed by atoms with van der Waals surface area (Å²) in [6.07, 6.45) is 5.57. The molecule has 144 valence electrons. The predicted molar refractivity (Wildman–Crippen MR) is 122 cm³/mol. The molecule has 0 aliphatic heterocycles. The standard InChI is InChI=1S/C27H16N4/c1-2-6-18-15(5-1)13-16-9-10-17-14-21-25(23(17)22(16)18)31-26-19(7-4-12-29-26)24-20(27(31)30-21)8-3-11-28-24/h1-12H,13-14H2. The van der Waals surface area contributed by atoms with Gasteiger partial charge in [0.25, 0.3) is 0 Å². The molecule has 4 aromatic heterocycles. The lowest BCUT2D eigenvalue weighted by Crippen LogP contribution is -1.98. The van der Waals surface area contributed by atoms with Gasteiger partial charge in [-0.3, -0.25) is 9.38 Å². The number of fused-ring (bicyclic) bond motifs is 14. The Morgan fingerprint density at radius 3 is 2.32 bits per heavy atom. The molecular formula is C27H16N4. The first-order chi connectivity index (χ1) is 15.4. The summed E-state index contributed by atoms with van der Waals surface area (Å²) in [5.41, 5.74) is 13.4. The van der Waals surface area contributed by atoms with E-state index in [0.29, 0.717) is 0 Å². The van der Waals surface area contributed by atoms with Crippen molar-refractivity contribution in [2.75, 3.05) is 0 Å². The first-order valence-corrected chi connectivity index (χ1v) is 10.6. The summed E-state index contributed by atoms with van der Waals surface area (Å²) in [4.78, 5) is 14.6. The zero-order valence-corrected chi connectivity index (χ0v) is 16.6. The number of imidazole rings is 1. The van der Waals surface area contributed by atoms with Crippen LogP contribution in [0.2, 0.25) is 0 Å². The minimum atomic E-state index is 0.859. The molecule has 2 aliphatic rings. The van der Waals surface area contributed by atoms with Crippen molar-refractivity contribution in [1.29, 1.82) is 0 Å². The summed E-state index contributed by atoms with van der Waals surface area (Å²) in [7, 11) is 0. The molecule has 0 spiro atoms. The van der Waals surface area contributed by atoms with Gasteiger partial charge in [0.05, 0.1) is 16.9 Å². The molecule has 31 heavy (non-hydrogen) atoms. The van der Waals surface area contributed by atoms with Crippen LogP contribution in [0.25, 0.3) is 50.0 Å². The lowest BCUT2D eigenvalue weighted by atomic mass is 9.96. The number of hydrogen-bond donors (Lipinski definition) is 0. The van der Waals surface area contributed by atoms with Gasteiger partial charge in [0.1, 0.15) is 11.3 Å². The van der Waals surface area contributed by atoms with Crippen LogP contribution in [0.3, 0.4) is 0 Å². The molecule has 0 unspecified atom stereocenters. The maximum absolute atomic E-state index is 5.15. The number of rotatable bonds is 0. The molecule has 2 aliphatic carbocycles. The van der Waals surface area contributed by atoms with Crippen LogP contribution in [-0.4, -0.2) is 19.4 Å². The fourth-order valence-corrected chi connectivity index (χ4v) is 5.66. The second-order valence-corrected chi connectivity index (χ2v) is 8.48. The van der Waals surface area contributed by atoms with Gasteiger partial charge in [0.2, 0.25) is 0 Å². The molecule has 0 saturated heterocycles. The van der Waals surface area contributed by atoms with Gasteiger partial charge in [-0.25, -0.2) is 9.97 Å². The topological polar surface area (TPSA) is 43.1 Å². The fraction of sp³-hybridized carbons (Fsp3) is 0.0741. The molecule has 0 bridgehead atoms. The lowest BCUT2D eigenvalue weighted by Gasteiger charge is -2.13. The molecule has 8 rings (SSSR count). The second-order valence-electron chi connectivity index (χ2n) is 8.48. The van der Waals surface area contributed by atoms with E-state index in [-0.39, 0.29) is 0 Å². The molecular weight excluding hydrogens is 380 g/mol. The van der Waals surface area contributed by atoms with Crippen molar-refractivity contribution >= 4 is 27.6 Å². The summed E-state index contributed by atoms with van der Waals surface area (Å²) in [5.74, 6) is 0. The maximum Gasteiger partial charge on any atom is 0.148 e. The number of hydrogen-bond acceptors (Lipinski definition) is 3.